The second kappa shape index (κ2) is 5.50. The van der Waals surface area contributed by atoms with Crippen molar-refractivity contribution in [2.45, 2.75) is 0 Å². The van der Waals surface area contributed by atoms with E-state index < -0.39 is 0 Å². The molecule has 0 unspecified atom stereocenters. The van der Waals surface area contributed by atoms with Crippen molar-refractivity contribution in [2.24, 2.45) is 16.5 Å². The van der Waals surface area contributed by atoms with Crippen LogP contribution in [0.2, 0.25) is 0 Å². The molecule has 0 atom stereocenters. The van der Waals surface area contributed by atoms with Crippen LogP contribution < -0.4 is 11.5 Å². The van der Waals surface area contributed by atoms with Crippen LogP contribution in [0, 0.1) is 11.5 Å². The van der Waals surface area contributed by atoms with E-state index in [0.717, 1.165) is 0 Å². The molecule has 43 valence electrons. The molecule has 4 N–H and O–H groups in total. The van der Waals surface area contributed by atoms with Gasteiger partial charge in [-0.05, 0) is 0 Å². The first kappa shape index (κ1) is 9.71. The Labute approximate surface area is 56.7 Å². The van der Waals surface area contributed by atoms with Crippen molar-refractivity contribution >= 4 is 5.96 Å². The molecule has 0 aromatic carbocycles. The summed E-state index contributed by atoms with van der Waals surface area (Å²) in [5.41, 5.74) is 9.42. The molecule has 1 radical (unpaired) electrons. The van der Waals surface area contributed by atoms with Gasteiger partial charge in [0.2, 0.25) is 12.2 Å². The fourth-order valence-electron chi connectivity index (χ4n) is 0.0577. The predicted molar refractivity (Wildman–Crippen MR) is 21.4 cm³/mol. The molecule has 0 aromatic rings. The Morgan fingerprint density at radius 2 is 2.00 bits per heavy atom. The summed E-state index contributed by atoms with van der Waals surface area (Å²) < 4.78 is 0. The van der Waals surface area contributed by atoms with E-state index in [0.29, 0.717) is 0 Å². The van der Waals surface area contributed by atoms with Gasteiger partial charge in [-0.3, -0.25) is 0 Å². The van der Waals surface area contributed by atoms with E-state index in [1.807, 2.05) is 0 Å². The third kappa shape index (κ3) is 10.8. The predicted octanol–water partition coefficient (Wildman–Crippen LogP) is -1.26. The van der Waals surface area contributed by atoms with Gasteiger partial charge in [-0.1, -0.05) is 0 Å². The first-order chi connectivity index (χ1) is 2.77. The number of nitrogens with zero attached hydrogens (tertiary/aromatic N) is 2. The van der Waals surface area contributed by atoms with Crippen LogP contribution in [-0.2, 0) is 22.4 Å². The van der Waals surface area contributed by atoms with Gasteiger partial charge in [0.05, 0.1) is 0 Å². The largest absolute Gasteiger partial charge is 0.369 e. The van der Waals surface area contributed by atoms with E-state index >= 15 is 0 Å². The van der Waals surface area contributed by atoms with Gasteiger partial charge in [0.1, 0.15) is 0 Å². The molecule has 0 saturated heterocycles. The number of hydrogen-bond donors (Lipinski definition) is 2. The Kier molecular flexibility index (Phi) is 7.63. The van der Waals surface area contributed by atoms with Crippen molar-refractivity contribution in [2.75, 3.05) is 0 Å². The van der Waals surface area contributed by atoms with Crippen molar-refractivity contribution < 1.29 is 22.4 Å². The summed E-state index contributed by atoms with van der Waals surface area (Å²) in [4.78, 5) is 2.90. The second-order valence-electron chi connectivity index (χ2n) is 0.637. The normalized spacial score (nSPS) is 5.00. The van der Waals surface area contributed by atoms with Gasteiger partial charge in [-0.15, -0.1) is 4.99 Å². The molecule has 7 heavy (non-hydrogen) atoms. The fraction of sp³-hybridized carbons (Fsp3) is 0. The van der Waals surface area contributed by atoms with Crippen LogP contribution in [0.15, 0.2) is 4.99 Å². The summed E-state index contributed by atoms with van der Waals surface area (Å²) in [6.45, 7) is 0. The van der Waals surface area contributed by atoms with Crippen LogP contribution in [0.4, 0.5) is 0 Å². The summed E-state index contributed by atoms with van der Waals surface area (Å²) in [5.74, 6) is -0.197. The Hall–Kier alpha value is -0.500. The summed E-state index contributed by atoms with van der Waals surface area (Å²) in [5, 5.41) is 7.64. The van der Waals surface area contributed by atoms with E-state index in [9.17, 15) is 0 Å². The van der Waals surface area contributed by atoms with Crippen molar-refractivity contribution in [3.05, 3.63) is 0 Å². The number of rotatable bonds is 0. The van der Waals surface area contributed by atoms with Crippen LogP contribution in [-0.4, -0.2) is 5.96 Å². The first-order valence-corrected chi connectivity index (χ1v) is 1.25. The van der Waals surface area contributed by atoms with Crippen LogP contribution in [0.3, 0.4) is 0 Å². The minimum Gasteiger partial charge on any atom is -0.369 e. The van der Waals surface area contributed by atoms with Crippen LogP contribution in [0.1, 0.15) is 0 Å². The molecule has 0 aromatic heterocycles. The number of nitriles is 1. The maximum atomic E-state index is 7.64. The standard InChI is InChI=1S/C2H4N4.Ag/c3-1-6-2(4)5;/h(H4,4,5,6);. The van der Waals surface area contributed by atoms with Crippen molar-refractivity contribution in [3.8, 4) is 6.19 Å². The molecule has 4 nitrogen and oxygen atoms in total. The van der Waals surface area contributed by atoms with Crippen molar-refractivity contribution in [3.63, 3.8) is 0 Å². The average molecular weight is 192 g/mol. The van der Waals surface area contributed by atoms with Crippen LogP contribution in [0.5, 0.6) is 0 Å². The monoisotopic (exact) mass is 191 g/mol. The minimum atomic E-state index is -0.197. The van der Waals surface area contributed by atoms with Gasteiger partial charge in [0.25, 0.3) is 0 Å². The summed E-state index contributed by atoms with van der Waals surface area (Å²) in [6.07, 6.45) is 1.41. The van der Waals surface area contributed by atoms with Crippen LogP contribution >= 0.6 is 0 Å². The Bertz CT molecular complexity index is 96.7. The Morgan fingerprint density at radius 1 is 1.57 bits per heavy atom. The maximum Gasteiger partial charge on any atom is 0.209 e. The van der Waals surface area contributed by atoms with E-state index in [1.54, 1.807) is 0 Å². The van der Waals surface area contributed by atoms with Gasteiger partial charge >= 0.3 is 0 Å². The molecule has 0 heterocycles. The zero-order valence-electron chi connectivity index (χ0n) is 3.35. The summed E-state index contributed by atoms with van der Waals surface area (Å²) >= 11 is 0. The van der Waals surface area contributed by atoms with Crippen molar-refractivity contribution in [1.29, 1.82) is 5.26 Å². The molecule has 0 spiro atoms. The molecule has 0 aliphatic carbocycles. The topological polar surface area (TPSA) is 88.2 Å². The van der Waals surface area contributed by atoms with Gasteiger partial charge < -0.3 is 11.5 Å². The minimum absolute atomic E-state index is 0. The zero-order chi connectivity index (χ0) is 4.99. The molecule has 0 fully saturated rings. The molecule has 0 aliphatic rings. The molecular weight excluding hydrogens is 188 g/mol. The second-order valence-corrected chi connectivity index (χ2v) is 0.637. The summed E-state index contributed by atoms with van der Waals surface area (Å²) in [7, 11) is 0. The van der Waals surface area contributed by atoms with E-state index in [1.165, 1.54) is 6.19 Å². The van der Waals surface area contributed by atoms with Gasteiger partial charge in [-0.25, -0.2) is 0 Å². The third-order valence-electron chi connectivity index (χ3n) is 0.179. The number of hydrogen-bond acceptors (Lipinski definition) is 2. The van der Waals surface area contributed by atoms with E-state index in [-0.39, 0.29) is 28.3 Å². The quantitative estimate of drug-likeness (QED) is 0.217. The Balaban J connectivity index is 0. The number of guanidine groups is 1. The first-order valence-electron chi connectivity index (χ1n) is 1.25. The molecule has 0 amide bonds. The number of aliphatic imine (C=N–C) groups is 1. The molecule has 5 heteroatoms. The average Bonchev–Trinajstić information content (AvgIpc) is 1.35. The molecule has 0 saturated carbocycles. The SMILES string of the molecule is N#CN=C(N)N.[Ag]. The molecular formula is C2H4AgN4. The zero-order valence-corrected chi connectivity index (χ0v) is 4.83. The fourth-order valence-corrected chi connectivity index (χ4v) is 0.0577. The van der Waals surface area contributed by atoms with Crippen molar-refractivity contribution in [1.82, 2.24) is 0 Å². The van der Waals surface area contributed by atoms with E-state index in [4.69, 9.17) is 16.7 Å². The van der Waals surface area contributed by atoms with Crippen LogP contribution in [0.25, 0.3) is 0 Å². The number of nitrogens with two attached hydrogens (primary N) is 2. The van der Waals surface area contributed by atoms with E-state index in [2.05, 4.69) is 4.99 Å². The smallest absolute Gasteiger partial charge is 0.209 e. The van der Waals surface area contributed by atoms with Gasteiger partial charge in [0.15, 0.2) is 0 Å². The Morgan fingerprint density at radius 3 is 2.00 bits per heavy atom. The molecule has 0 rings (SSSR count). The van der Waals surface area contributed by atoms with Gasteiger partial charge in [0, 0.05) is 22.4 Å². The van der Waals surface area contributed by atoms with Gasteiger partial charge in [-0.2, -0.15) is 5.26 Å². The maximum absolute atomic E-state index is 7.64. The molecule has 0 bridgehead atoms. The third-order valence-corrected chi connectivity index (χ3v) is 0.179. The molecule has 0 aliphatic heterocycles. The summed E-state index contributed by atoms with van der Waals surface area (Å²) in [6, 6.07) is 0.